The zero-order valence-corrected chi connectivity index (χ0v) is 7.58. The Morgan fingerprint density at radius 1 is 1.27 bits per heavy atom. The van der Waals surface area contributed by atoms with Gasteiger partial charge in [-0.25, -0.2) is 4.39 Å². The van der Waals surface area contributed by atoms with Gasteiger partial charge in [0, 0.05) is 12.3 Å². The lowest BCUT2D eigenvalue weighted by molar-refractivity contribution is 0.415. The second-order valence-electron chi connectivity index (χ2n) is 2.77. The van der Waals surface area contributed by atoms with Crippen LogP contribution in [0.4, 0.5) is 8.78 Å². The van der Waals surface area contributed by atoms with E-state index in [-0.39, 0.29) is 5.75 Å². The van der Waals surface area contributed by atoms with Crippen molar-refractivity contribution >= 4 is 0 Å². The molecule has 15 heavy (non-hydrogen) atoms. The fourth-order valence-corrected chi connectivity index (χ4v) is 1.06. The first-order chi connectivity index (χ1) is 7.27. The first kappa shape index (κ1) is 9.58. The van der Waals surface area contributed by atoms with E-state index >= 15 is 0 Å². The highest BCUT2D eigenvalue weighted by Gasteiger charge is 2.09. The average molecular weight is 206 g/mol. The normalized spacial score (nSPS) is 10.0. The van der Waals surface area contributed by atoms with Gasteiger partial charge in [0.05, 0.1) is 6.20 Å². The molecule has 0 atom stereocenters. The van der Waals surface area contributed by atoms with Crippen LogP contribution in [0.15, 0.2) is 36.7 Å². The van der Waals surface area contributed by atoms with E-state index in [1.54, 1.807) is 0 Å². The van der Waals surface area contributed by atoms with Gasteiger partial charge in [-0.1, -0.05) is 6.07 Å². The van der Waals surface area contributed by atoms with E-state index in [9.17, 15) is 8.78 Å². The van der Waals surface area contributed by atoms with E-state index in [0.717, 1.165) is 6.07 Å². The van der Waals surface area contributed by atoms with Gasteiger partial charge in [0.1, 0.15) is 5.75 Å². The van der Waals surface area contributed by atoms with Gasteiger partial charge >= 0.3 is 0 Å². The predicted octanol–water partition coefficient (Wildman–Crippen LogP) is 2.95. The lowest BCUT2D eigenvalue weighted by Gasteiger charge is -2.05. The molecule has 2 aromatic rings. The second kappa shape index (κ2) is 4.04. The third kappa shape index (κ3) is 2.10. The number of pyridine rings is 1. The molecule has 1 aromatic heterocycles. The van der Waals surface area contributed by atoms with Crippen LogP contribution in [0.2, 0.25) is 0 Å². The fourth-order valence-electron chi connectivity index (χ4n) is 1.06. The number of aromatic nitrogens is 1. The Balaban J connectivity index is 2.29. The van der Waals surface area contributed by atoms with Crippen molar-refractivity contribution in [2.45, 2.75) is 0 Å². The van der Waals surface area contributed by atoms with Crippen LogP contribution in [0.3, 0.4) is 0 Å². The molecule has 0 spiro atoms. The van der Waals surface area contributed by atoms with Crippen molar-refractivity contribution in [2.24, 2.45) is 0 Å². The monoisotopic (exact) mass is 206 g/mol. The van der Waals surface area contributed by atoms with E-state index in [1.807, 2.05) is 0 Å². The molecule has 0 unspecified atom stereocenters. The zero-order valence-electron chi connectivity index (χ0n) is 7.58. The zero-order chi connectivity index (χ0) is 10.7. The minimum atomic E-state index is -1.01. The fraction of sp³-hybridized carbons (Fsp3) is 0. The van der Waals surface area contributed by atoms with Crippen LogP contribution in [0, 0.1) is 17.7 Å². The lowest BCUT2D eigenvalue weighted by atomic mass is 10.3. The van der Waals surface area contributed by atoms with Gasteiger partial charge in [-0.2, -0.15) is 4.39 Å². The Morgan fingerprint density at radius 2 is 2.13 bits per heavy atom. The maximum atomic E-state index is 13.2. The van der Waals surface area contributed by atoms with Gasteiger partial charge < -0.3 is 4.74 Å². The van der Waals surface area contributed by atoms with Crippen molar-refractivity contribution in [2.75, 3.05) is 0 Å². The van der Waals surface area contributed by atoms with Gasteiger partial charge in [0.25, 0.3) is 0 Å². The van der Waals surface area contributed by atoms with Crippen molar-refractivity contribution in [1.29, 1.82) is 0 Å². The Morgan fingerprint density at radius 3 is 2.87 bits per heavy atom. The first-order valence-corrected chi connectivity index (χ1v) is 4.20. The number of nitrogens with zero attached hydrogens (tertiary/aromatic N) is 1. The van der Waals surface area contributed by atoms with E-state index in [2.05, 4.69) is 11.1 Å². The predicted molar refractivity (Wildman–Crippen MR) is 49.5 cm³/mol. The Bertz CT molecular complexity index is 459. The van der Waals surface area contributed by atoms with Crippen LogP contribution in [0.25, 0.3) is 0 Å². The molecule has 0 N–H and O–H groups in total. The van der Waals surface area contributed by atoms with Crippen LogP contribution in [0.5, 0.6) is 11.5 Å². The number of halogens is 2. The first-order valence-electron chi connectivity index (χ1n) is 4.20. The highest BCUT2D eigenvalue weighted by molar-refractivity contribution is 5.30. The SMILES string of the molecule is Fc1cccc(Oc2c[c]cnc2)c1F. The number of hydrogen-bond donors (Lipinski definition) is 0. The van der Waals surface area contributed by atoms with E-state index in [0.29, 0.717) is 5.75 Å². The summed E-state index contributed by atoms with van der Waals surface area (Å²) in [6.07, 6.45) is 2.83. The summed E-state index contributed by atoms with van der Waals surface area (Å²) in [5, 5.41) is 0. The minimum absolute atomic E-state index is 0.170. The van der Waals surface area contributed by atoms with Gasteiger partial charge in [-0.15, -0.1) is 0 Å². The van der Waals surface area contributed by atoms with Crippen molar-refractivity contribution in [3.8, 4) is 11.5 Å². The van der Waals surface area contributed by atoms with Gasteiger partial charge in [-0.3, -0.25) is 4.98 Å². The quantitative estimate of drug-likeness (QED) is 0.753. The van der Waals surface area contributed by atoms with Crippen molar-refractivity contribution < 1.29 is 13.5 Å². The highest BCUT2D eigenvalue weighted by Crippen LogP contribution is 2.24. The van der Waals surface area contributed by atoms with E-state index in [4.69, 9.17) is 4.74 Å². The van der Waals surface area contributed by atoms with Crippen LogP contribution < -0.4 is 4.74 Å². The molecule has 2 rings (SSSR count). The molecule has 0 aliphatic rings. The molecular weight excluding hydrogens is 200 g/mol. The Kier molecular flexibility index (Phi) is 2.58. The van der Waals surface area contributed by atoms with Gasteiger partial charge in [0.2, 0.25) is 5.82 Å². The summed E-state index contributed by atoms with van der Waals surface area (Å²) in [6.45, 7) is 0. The molecule has 0 saturated carbocycles. The maximum absolute atomic E-state index is 13.2. The summed E-state index contributed by atoms with van der Waals surface area (Å²) >= 11 is 0. The molecule has 0 bridgehead atoms. The summed E-state index contributed by atoms with van der Waals surface area (Å²) < 4.78 is 31.0. The third-order valence-corrected chi connectivity index (χ3v) is 1.72. The molecule has 1 aromatic carbocycles. The van der Waals surface area contributed by atoms with Crippen LogP contribution in [-0.4, -0.2) is 4.98 Å². The topological polar surface area (TPSA) is 22.1 Å². The largest absolute Gasteiger partial charge is 0.453 e. The summed E-state index contributed by atoms with van der Waals surface area (Å²) in [5.74, 6) is -1.82. The van der Waals surface area contributed by atoms with Crippen molar-refractivity contribution in [1.82, 2.24) is 4.98 Å². The summed E-state index contributed by atoms with van der Waals surface area (Å²) in [7, 11) is 0. The van der Waals surface area contributed by atoms with E-state index < -0.39 is 11.6 Å². The molecule has 0 amide bonds. The van der Waals surface area contributed by atoms with Crippen molar-refractivity contribution in [3.63, 3.8) is 0 Å². The van der Waals surface area contributed by atoms with Crippen LogP contribution in [-0.2, 0) is 0 Å². The van der Waals surface area contributed by atoms with Gasteiger partial charge in [-0.05, 0) is 18.2 Å². The molecule has 75 valence electrons. The number of benzene rings is 1. The number of hydrogen-bond acceptors (Lipinski definition) is 2. The maximum Gasteiger partial charge on any atom is 0.201 e. The summed E-state index contributed by atoms with van der Waals surface area (Å²) in [5.41, 5.74) is 0. The third-order valence-electron chi connectivity index (χ3n) is 1.72. The summed E-state index contributed by atoms with van der Waals surface area (Å²) in [6, 6.07) is 7.88. The van der Waals surface area contributed by atoms with E-state index in [1.165, 1.54) is 30.6 Å². The van der Waals surface area contributed by atoms with Crippen LogP contribution in [0.1, 0.15) is 0 Å². The molecule has 0 fully saturated rings. The minimum Gasteiger partial charge on any atom is -0.453 e. The molecule has 0 aliphatic heterocycles. The molecule has 4 heteroatoms. The molecule has 1 radical (unpaired) electrons. The molecule has 2 nitrogen and oxygen atoms in total. The smallest absolute Gasteiger partial charge is 0.201 e. The number of rotatable bonds is 2. The second-order valence-corrected chi connectivity index (χ2v) is 2.77. The highest BCUT2D eigenvalue weighted by atomic mass is 19.2. The average Bonchev–Trinajstić information content (AvgIpc) is 2.26. The number of ether oxygens (including phenoxy) is 1. The van der Waals surface area contributed by atoms with Gasteiger partial charge in [0.15, 0.2) is 11.6 Å². The Labute approximate surface area is 85.2 Å². The Hall–Kier alpha value is -1.97. The molecule has 0 aliphatic carbocycles. The van der Waals surface area contributed by atoms with Crippen LogP contribution >= 0.6 is 0 Å². The molecular formula is C11H6F2NO. The standard InChI is InChI=1S/C11H6F2NO/c12-9-4-1-5-10(11(9)13)15-8-3-2-6-14-7-8/h1,3-7H. The lowest BCUT2D eigenvalue weighted by Crippen LogP contribution is -1.91. The molecule has 1 heterocycles. The van der Waals surface area contributed by atoms with Crippen molar-refractivity contribution in [3.05, 3.63) is 54.4 Å². The molecule has 0 saturated heterocycles. The summed E-state index contributed by atoms with van der Waals surface area (Å²) in [4.78, 5) is 3.74.